The summed E-state index contributed by atoms with van der Waals surface area (Å²) in [7, 11) is 0. The zero-order valence-electron chi connectivity index (χ0n) is 10.7. The molecule has 0 radical (unpaired) electrons. The molecule has 1 fully saturated rings. The minimum atomic E-state index is -1.05. The summed E-state index contributed by atoms with van der Waals surface area (Å²) in [6.07, 6.45) is 0. The van der Waals surface area contributed by atoms with Crippen LogP contribution in [0.3, 0.4) is 0 Å². The fourth-order valence-corrected chi connectivity index (χ4v) is 2.83. The van der Waals surface area contributed by atoms with E-state index in [2.05, 4.69) is 0 Å². The van der Waals surface area contributed by atoms with Crippen LogP contribution in [-0.4, -0.2) is 39.2 Å². The van der Waals surface area contributed by atoms with E-state index < -0.39 is 5.97 Å². The van der Waals surface area contributed by atoms with Crippen LogP contribution in [0.25, 0.3) is 0 Å². The molecule has 1 aliphatic rings. The third-order valence-electron chi connectivity index (χ3n) is 2.57. The zero-order valence-corrected chi connectivity index (χ0v) is 14.4. The molecular formula is C12H13N2NaO2S2. The molecule has 96 valence electrons. The number of rotatable bonds is 4. The Kier molecular flexibility index (Phi) is 7.35. The fraction of sp³-hybridized carbons (Fsp3) is 0.333. The van der Waals surface area contributed by atoms with Gasteiger partial charge in [-0.25, -0.2) is 0 Å². The molecule has 1 aromatic carbocycles. The molecule has 0 saturated carbocycles. The van der Waals surface area contributed by atoms with Crippen LogP contribution in [0.1, 0.15) is 5.56 Å². The molecule has 1 heterocycles. The van der Waals surface area contributed by atoms with Crippen molar-refractivity contribution in [1.29, 1.82) is 0 Å². The number of carbonyl (C=O) groups is 1. The van der Waals surface area contributed by atoms with Crippen molar-refractivity contribution in [2.45, 2.75) is 6.54 Å². The van der Waals surface area contributed by atoms with Gasteiger partial charge in [0.15, 0.2) is 0 Å². The normalized spacial score (nSPS) is 16.0. The molecule has 2 rings (SSSR count). The van der Waals surface area contributed by atoms with Gasteiger partial charge in [-0.05, 0) is 5.56 Å². The quantitative estimate of drug-likeness (QED) is 0.452. The van der Waals surface area contributed by atoms with Crippen molar-refractivity contribution in [3.05, 3.63) is 35.9 Å². The van der Waals surface area contributed by atoms with Gasteiger partial charge in [0.2, 0.25) is 0 Å². The first kappa shape index (κ1) is 16.9. The predicted octanol–water partition coefficient (Wildman–Crippen LogP) is -2.51. The van der Waals surface area contributed by atoms with Gasteiger partial charge >= 0.3 is 29.6 Å². The van der Waals surface area contributed by atoms with E-state index in [-0.39, 0.29) is 36.1 Å². The molecule has 4 nitrogen and oxygen atoms in total. The molecule has 0 N–H and O–H groups in total. The van der Waals surface area contributed by atoms with E-state index >= 15 is 0 Å². The third kappa shape index (κ3) is 5.41. The Morgan fingerprint density at radius 1 is 1.37 bits per heavy atom. The number of carbonyl (C=O) groups excluding carboxylic acids is 1. The Morgan fingerprint density at radius 3 is 2.68 bits per heavy atom. The van der Waals surface area contributed by atoms with E-state index in [4.69, 9.17) is 12.2 Å². The summed E-state index contributed by atoms with van der Waals surface area (Å²) in [5.41, 5.74) is 1.16. The van der Waals surface area contributed by atoms with Gasteiger partial charge in [0.25, 0.3) is 0 Å². The summed E-state index contributed by atoms with van der Waals surface area (Å²) < 4.78 is 0.813. The van der Waals surface area contributed by atoms with E-state index in [0.29, 0.717) is 19.1 Å². The van der Waals surface area contributed by atoms with Crippen LogP contribution in [0, 0.1) is 0 Å². The summed E-state index contributed by atoms with van der Waals surface area (Å²) >= 11 is 6.78. The summed E-state index contributed by atoms with van der Waals surface area (Å²) in [6.45, 7) is 1.19. The number of nitrogens with zero attached hydrogens (tertiary/aromatic N) is 2. The van der Waals surface area contributed by atoms with Crippen molar-refractivity contribution in [1.82, 2.24) is 9.80 Å². The SMILES string of the molecule is O=C([O-])CN1CSC(=S)N(Cc2ccccc2)C1.[Na+]. The molecule has 19 heavy (non-hydrogen) atoms. The van der Waals surface area contributed by atoms with Crippen LogP contribution in [-0.2, 0) is 11.3 Å². The molecule has 1 aliphatic heterocycles. The van der Waals surface area contributed by atoms with Crippen molar-refractivity contribution < 1.29 is 39.5 Å². The van der Waals surface area contributed by atoms with Gasteiger partial charge in [0.05, 0.1) is 18.5 Å². The standard InChI is InChI=1S/C12H14N2O2S2.Na/c15-11(16)7-13-8-14(12(17)18-9-13)6-10-4-2-1-3-5-10;/h1-5H,6-9H2,(H,15,16);/q;+1/p-1. The molecule has 0 atom stereocenters. The smallest absolute Gasteiger partial charge is 0.549 e. The minimum Gasteiger partial charge on any atom is -0.549 e. The second kappa shape index (κ2) is 8.24. The Bertz CT molecular complexity index is 445. The number of thioether (sulfide) groups is 1. The van der Waals surface area contributed by atoms with Crippen molar-refractivity contribution >= 4 is 34.3 Å². The first-order chi connectivity index (χ1) is 8.65. The molecule has 1 aromatic rings. The minimum absolute atomic E-state index is 0. The van der Waals surface area contributed by atoms with Crippen LogP contribution >= 0.6 is 24.0 Å². The van der Waals surface area contributed by atoms with Crippen molar-refractivity contribution in [2.75, 3.05) is 19.1 Å². The molecule has 0 aromatic heterocycles. The molecule has 0 spiro atoms. The number of carboxylic acids is 1. The number of hydrogen-bond donors (Lipinski definition) is 0. The predicted molar refractivity (Wildman–Crippen MR) is 73.6 cm³/mol. The molecular weight excluding hydrogens is 291 g/mol. The summed E-state index contributed by atoms with van der Waals surface area (Å²) in [4.78, 5) is 14.4. The molecule has 0 unspecified atom stereocenters. The van der Waals surface area contributed by atoms with Crippen LogP contribution in [0.15, 0.2) is 30.3 Å². The number of aliphatic carboxylic acids is 1. The average Bonchev–Trinajstić information content (AvgIpc) is 2.34. The van der Waals surface area contributed by atoms with Crippen LogP contribution in [0.2, 0.25) is 0 Å². The maximum atomic E-state index is 10.6. The monoisotopic (exact) mass is 304 g/mol. The van der Waals surface area contributed by atoms with Crippen LogP contribution in [0.5, 0.6) is 0 Å². The number of thiocarbonyl (C=S) groups is 1. The van der Waals surface area contributed by atoms with E-state index in [1.807, 2.05) is 35.2 Å². The summed E-state index contributed by atoms with van der Waals surface area (Å²) in [5.74, 6) is -0.443. The second-order valence-corrected chi connectivity index (χ2v) is 5.64. The molecule has 7 heteroatoms. The van der Waals surface area contributed by atoms with Gasteiger partial charge in [-0.2, -0.15) is 0 Å². The van der Waals surface area contributed by atoms with Crippen LogP contribution in [0.4, 0.5) is 0 Å². The zero-order chi connectivity index (χ0) is 13.0. The molecule has 1 saturated heterocycles. The second-order valence-electron chi connectivity index (χ2n) is 4.07. The first-order valence-electron chi connectivity index (χ1n) is 5.53. The molecule has 0 bridgehead atoms. The topological polar surface area (TPSA) is 46.6 Å². The van der Waals surface area contributed by atoms with Crippen molar-refractivity contribution in [3.8, 4) is 0 Å². The van der Waals surface area contributed by atoms with E-state index in [0.717, 1.165) is 9.88 Å². The van der Waals surface area contributed by atoms with Gasteiger partial charge in [-0.15, -0.1) is 0 Å². The van der Waals surface area contributed by atoms with E-state index in [9.17, 15) is 9.90 Å². The Balaban J connectivity index is 0.00000180. The van der Waals surface area contributed by atoms with E-state index in [1.165, 1.54) is 11.8 Å². The largest absolute Gasteiger partial charge is 1.00 e. The van der Waals surface area contributed by atoms with E-state index in [1.54, 1.807) is 4.90 Å². The van der Waals surface area contributed by atoms with Gasteiger partial charge in [0, 0.05) is 13.1 Å². The van der Waals surface area contributed by atoms with Gasteiger partial charge < -0.3 is 14.8 Å². The molecule has 0 amide bonds. The van der Waals surface area contributed by atoms with Crippen molar-refractivity contribution in [2.24, 2.45) is 0 Å². The van der Waals surface area contributed by atoms with Gasteiger partial charge in [-0.1, -0.05) is 54.3 Å². The Labute approximate surface area is 144 Å². The van der Waals surface area contributed by atoms with Gasteiger partial charge in [-0.3, -0.25) is 4.90 Å². The number of carboxylic acid groups (broad SMARTS) is 1. The average molecular weight is 304 g/mol. The fourth-order valence-electron chi connectivity index (χ4n) is 1.77. The van der Waals surface area contributed by atoms with Crippen LogP contribution < -0.4 is 34.7 Å². The first-order valence-corrected chi connectivity index (χ1v) is 6.92. The van der Waals surface area contributed by atoms with Gasteiger partial charge in [0.1, 0.15) is 4.32 Å². The number of hydrogen-bond acceptors (Lipinski definition) is 5. The Morgan fingerprint density at radius 2 is 2.05 bits per heavy atom. The van der Waals surface area contributed by atoms with Crippen molar-refractivity contribution in [3.63, 3.8) is 0 Å². The summed E-state index contributed by atoms with van der Waals surface area (Å²) in [6, 6.07) is 9.99. The molecule has 0 aliphatic carbocycles. The third-order valence-corrected chi connectivity index (χ3v) is 4.18. The maximum absolute atomic E-state index is 10.6. The summed E-state index contributed by atoms with van der Waals surface area (Å²) in [5, 5.41) is 10.6. The number of benzene rings is 1. The Hall–Kier alpha value is -0.110. The maximum Gasteiger partial charge on any atom is 1.00 e.